The summed E-state index contributed by atoms with van der Waals surface area (Å²) in [5.74, 6) is 0. The van der Waals surface area contributed by atoms with Gasteiger partial charge in [0.2, 0.25) is 0 Å². The third-order valence-corrected chi connectivity index (χ3v) is 1.37. The predicted octanol–water partition coefficient (Wildman–Crippen LogP) is 0.931. The van der Waals surface area contributed by atoms with Crippen molar-refractivity contribution in [1.29, 1.82) is 0 Å². The molecule has 0 unspecified atom stereocenters. The molecule has 4 heteroatoms. The van der Waals surface area contributed by atoms with Crippen LogP contribution in [0.4, 0.5) is 0 Å². The monoisotopic (exact) mass is 158 g/mol. The van der Waals surface area contributed by atoms with Crippen LogP contribution in [0.15, 0.2) is 6.20 Å². The Morgan fingerprint density at radius 1 is 1.70 bits per heavy atom. The van der Waals surface area contributed by atoms with Crippen LogP contribution in [-0.2, 0) is 6.61 Å². The zero-order valence-electron chi connectivity index (χ0n) is 5.50. The summed E-state index contributed by atoms with van der Waals surface area (Å²) in [7, 11) is 0. The summed E-state index contributed by atoms with van der Waals surface area (Å²) >= 11 is 5.60. The lowest BCUT2D eigenvalue weighted by Crippen LogP contribution is -1.94. The van der Waals surface area contributed by atoms with Crippen molar-refractivity contribution in [2.24, 2.45) is 0 Å². The fraction of sp³-hybridized carbons (Fsp3) is 0.333. The quantitative estimate of drug-likeness (QED) is 0.662. The molecule has 1 N–H and O–H groups in total. The summed E-state index contributed by atoms with van der Waals surface area (Å²) in [6, 6.07) is 0. The van der Waals surface area contributed by atoms with Crippen molar-refractivity contribution in [2.45, 2.75) is 13.5 Å². The van der Waals surface area contributed by atoms with E-state index < -0.39 is 0 Å². The molecule has 0 aliphatic heterocycles. The molecule has 1 aromatic rings. The molecular weight excluding hydrogens is 152 g/mol. The van der Waals surface area contributed by atoms with E-state index in [4.69, 9.17) is 16.7 Å². The Bertz CT molecular complexity index is 239. The molecule has 0 atom stereocenters. The number of hydrogen-bond donors (Lipinski definition) is 1. The summed E-state index contributed by atoms with van der Waals surface area (Å²) < 4.78 is 0. The van der Waals surface area contributed by atoms with Crippen LogP contribution in [0.2, 0.25) is 5.15 Å². The van der Waals surface area contributed by atoms with Gasteiger partial charge in [0, 0.05) is 6.20 Å². The molecule has 3 nitrogen and oxygen atoms in total. The first kappa shape index (κ1) is 7.44. The minimum absolute atomic E-state index is 0.161. The van der Waals surface area contributed by atoms with Gasteiger partial charge in [-0.05, 0) is 6.92 Å². The van der Waals surface area contributed by atoms with Crippen LogP contribution in [0.25, 0.3) is 0 Å². The highest BCUT2D eigenvalue weighted by Crippen LogP contribution is 2.09. The molecule has 0 aliphatic carbocycles. The van der Waals surface area contributed by atoms with Crippen molar-refractivity contribution in [3.05, 3.63) is 22.7 Å². The summed E-state index contributed by atoms with van der Waals surface area (Å²) in [6.07, 6.45) is 1.57. The lowest BCUT2D eigenvalue weighted by atomic mass is 10.4. The number of aromatic nitrogens is 2. The lowest BCUT2D eigenvalue weighted by molar-refractivity contribution is 0.276. The molecule has 0 bridgehead atoms. The molecule has 0 aliphatic rings. The van der Waals surface area contributed by atoms with Gasteiger partial charge in [-0.15, -0.1) is 0 Å². The Kier molecular flexibility index (Phi) is 2.19. The minimum atomic E-state index is -0.161. The van der Waals surface area contributed by atoms with Crippen molar-refractivity contribution in [2.75, 3.05) is 0 Å². The van der Waals surface area contributed by atoms with Crippen molar-refractivity contribution >= 4 is 11.6 Å². The average Bonchev–Trinajstić information content (AvgIpc) is 1.88. The molecule has 10 heavy (non-hydrogen) atoms. The number of aryl methyl sites for hydroxylation is 1. The van der Waals surface area contributed by atoms with E-state index in [1.807, 2.05) is 0 Å². The van der Waals surface area contributed by atoms with Gasteiger partial charge in [0.1, 0.15) is 5.69 Å². The predicted molar refractivity (Wildman–Crippen MR) is 37.7 cm³/mol. The first-order valence-electron chi connectivity index (χ1n) is 2.83. The Morgan fingerprint density at radius 3 is 2.90 bits per heavy atom. The fourth-order valence-electron chi connectivity index (χ4n) is 0.579. The van der Waals surface area contributed by atoms with Gasteiger partial charge < -0.3 is 5.11 Å². The summed E-state index contributed by atoms with van der Waals surface area (Å²) in [6.45, 7) is 1.63. The molecule has 0 fully saturated rings. The maximum Gasteiger partial charge on any atom is 0.153 e. The molecule has 0 saturated heterocycles. The van der Waals surface area contributed by atoms with E-state index >= 15 is 0 Å². The molecular formula is C6H7ClN2O. The zero-order chi connectivity index (χ0) is 7.56. The van der Waals surface area contributed by atoms with Gasteiger partial charge >= 0.3 is 0 Å². The first-order valence-corrected chi connectivity index (χ1v) is 3.20. The van der Waals surface area contributed by atoms with E-state index in [0.29, 0.717) is 5.69 Å². The second kappa shape index (κ2) is 2.94. The fourth-order valence-corrected chi connectivity index (χ4v) is 0.821. The van der Waals surface area contributed by atoms with Crippen molar-refractivity contribution in [1.82, 2.24) is 9.97 Å². The molecule has 54 valence electrons. The van der Waals surface area contributed by atoms with Crippen LogP contribution in [0.3, 0.4) is 0 Å². The van der Waals surface area contributed by atoms with Crippen LogP contribution >= 0.6 is 11.6 Å². The van der Waals surface area contributed by atoms with Crippen LogP contribution in [0.5, 0.6) is 0 Å². The first-order chi connectivity index (χ1) is 4.74. The molecule has 1 aromatic heterocycles. The SMILES string of the molecule is Cc1cnc(CO)c(Cl)n1. The topological polar surface area (TPSA) is 46.0 Å². The van der Waals surface area contributed by atoms with E-state index in [1.165, 1.54) is 0 Å². The molecule has 0 amide bonds. The average molecular weight is 159 g/mol. The second-order valence-electron chi connectivity index (χ2n) is 1.91. The van der Waals surface area contributed by atoms with Crippen LogP contribution in [0.1, 0.15) is 11.4 Å². The minimum Gasteiger partial charge on any atom is -0.390 e. The molecule has 1 heterocycles. The van der Waals surface area contributed by atoms with Crippen LogP contribution in [-0.4, -0.2) is 15.1 Å². The van der Waals surface area contributed by atoms with Crippen molar-refractivity contribution in [3.63, 3.8) is 0 Å². The summed E-state index contributed by atoms with van der Waals surface area (Å²) in [5.41, 5.74) is 1.18. The number of aliphatic hydroxyl groups is 1. The van der Waals surface area contributed by atoms with Gasteiger partial charge in [-0.2, -0.15) is 0 Å². The number of aliphatic hydroxyl groups excluding tert-OH is 1. The standard InChI is InChI=1S/C6H7ClN2O/c1-4-2-8-5(3-10)6(7)9-4/h2,10H,3H2,1H3. The van der Waals surface area contributed by atoms with E-state index in [0.717, 1.165) is 5.69 Å². The Balaban J connectivity index is 3.07. The third-order valence-electron chi connectivity index (χ3n) is 1.07. The van der Waals surface area contributed by atoms with E-state index in [9.17, 15) is 0 Å². The molecule has 1 rings (SSSR count). The van der Waals surface area contributed by atoms with Gasteiger partial charge in [-0.1, -0.05) is 11.6 Å². The largest absolute Gasteiger partial charge is 0.390 e. The lowest BCUT2D eigenvalue weighted by Gasteiger charge is -1.97. The van der Waals surface area contributed by atoms with E-state index in [1.54, 1.807) is 13.1 Å². The Hall–Kier alpha value is -0.670. The molecule has 0 saturated carbocycles. The maximum absolute atomic E-state index is 8.62. The van der Waals surface area contributed by atoms with Gasteiger partial charge in [-0.3, -0.25) is 4.98 Å². The van der Waals surface area contributed by atoms with E-state index in [-0.39, 0.29) is 11.8 Å². The van der Waals surface area contributed by atoms with Crippen molar-refractivity contribution in [3.8, 4) is 0 Å². The highest BCUT2D eigenvalue weighted by molar-refractivity contribution is 6.30. The van der Waals surface area contributed by atoms with E-state index in [2.05, 4.69) is 9.97 Å². The highest BCUT2D eigenvalue weighted by Gasteiger charge is 1.99. The van der Waals surface area contributed by atoms with Crippen molar-refractivity contribution < 1.29 is 5.11 Å². The Morgan fingerprint density at radius 2 is 2.40 bits per heavy atom. The van der Waals surface area contributed by atoms with Crippen LogP contribution in [0, 0.1) is 6.92 Å². The highest BCUT2D eigenvalue weighted by atomic mass is 35.5. The number of rotatable bonds is 1. The van der Waals surface area contributed by atoms with Crippen LogP contribution < -0.4 is 0 Å². The number of nitrogens with zero attached hydrogens (tertiary/aromatic N) is 2. The Labute approximate surface area is 63.7 Å². The van der Waals surface area contributed by atoms with Gasteiger partial charge in [0.25, 0.3) is 0 Å². The normalized spacial score (nSPS) is 9.90. The number of halogens is 1. The second-order valence-corrected chi connectivity index (χ2v) is 2.27. The van der Waals surface area contributed by atoms with Gasteiger partial charge in [-0.25, -0.2) is 4.98 Å². The number of hydrogen-bond acceptors (Lipinski definition) is 3. The maximum atomic E-state index is 8.62. The summed E-state index contributed by atoms with van der Waals surface area (Å²) in [4.78, 5) is 7.74. The third kappa shape index (κ3) is 1.43. The molecule has 0 spiro atoms. The smallest absolute Gasteiger partial charge is 0.153 e. The zero-order valence-corrected chi connectivity index (χ0v) is 6.26. The molecule has 0 radical (unpaired) electrons. The van der Waals surface area contributed by atoms with Gasteiger partial charge in [0.05, 0.1) is 12.3 Å². The molecule has 0 aromatic carbocycles. The summed E-state index contributed by atoms with van der Waals surface area (Å²) in [5, 5.41) is 8.90. The van der Waals surface area contributed by atoms with Gasteiger partial charge in [0.15, 0.2) is 5.15 Å².